The maximum absolute atomic E-state index is 11.1. The fourth-order valence-electron chi connectivity index (χ4n) is 1.54. The highest BCUT2D eigenvalue weighted by molar-refractivity contribution is 6.28. The summed E-state index contributed by atoms with van der Waals surface area (Å²) in [6.45, 7) is 0. The second kappa shape index (κ2) is 5.73. The average Bonchev–Trinajstić information content (AvgIpc) is 2.33. The highest BCUT2D eigenvalue weighted by Crippen LogP contribution is 2.30. The van der Waals surface area contributed by atoms with E-state index in [0.717, 1.165) is 0 Å². The van der Waals surface area contributed by atoms with Gasteiger partial charge in [0.15, 0.2) is 5.82 Å². The van der Waals surface area contributed by atoms with Gasteiger partial charge in [-0.05, 0) is 17.7 Å². The molecular formula is C11H10Cl2N4O2. The molecule has 0 amide bonds. The summed E-state index contributed by atoms with van der Waals surface area (Å²) < 4.78 is 0. The topological polar surface area (TPSA) is 115 Å². The van der Waals surface area contributed by atoms with Gasteiger partial charge in [-0.3, -0.25) is 0 Å². The Morgan fingerprint density at radius 1 is 1.21 bits per heavy atom. The van der Waals surface area contributed by atoms with Crippen LogP contribution in [-0.4, -0.2) is 21.0 Å². The fourth-order valence-corrected chi connectivity index (χ4v) is 1.72. The minimum atomic E-state index is -1.08. The van der Waals surface area contributed by atoms with Gasteiger partial charge in [0.25, 0.3) is 0 Å². The summed E-state index contributed by atoms with van der Waals surface area (Å²) in [5.41, 5.74) is 12.1. The van der Waals surface area contributed by atoms with E-state index >= 15 is 0 Å². The van der Waals surface area contributed by atoms with Gasteiger partial charge in [0.1, 0.15) is 11.4 Å². The highest BCUT2D eigenvalue weighted by atomic mass is 35.5. The van der Waals surface area contributed by atoms with Crippen LogP contribution < -0.4 is 11.5 Å². The van der Waals surface area contributed by atoms with Crippen LogP contribution in [0.1, 0.15) is 10.4 Å². The minimum absolute atomic E-state index is 0. The largest absolute Gasteiger partial charge is 0.478 e. The van der Waals surface area contributed by atoms with Crippen LogP contribution in [-0.2, 0) is 0 Å². The highest BCUT2D eigenvalue weighted by Gasteiger charge is 2.17. The van der Waals surface area contributed by atoms with Crippen LogP contribution in [0.25, 0.3) is 11.3 Å². The van der Waals surface area contributed by atoms with Crippen LogP contribution in [0.2, 0.25) is 5.28 Å². The molecule has 0 atom stereocenters. The number of aromatic carboxylic acids is 1. The first-order valence-corrected chi connectivity index (χ1v) is 5.29. The van der Waals surface area contributed by atoms with E-state index in [0.29, 0.717) is 5.56 Å². The van der Waals surface area contributed by atoms with Gasteiger partial charge in [-0.2, -0.15) is 4.98 Å². The third kappa shape index (κ3) is 2.86. The molecule has 0 saturated heterocycles. The number of benzene rings is 1. The molecule has 1 heterocycles. The second-order valence-electron chi connectivity index (χ2n) is 3.49. The molecule has 0 unspecified atom stereocenters. The molecule has 0 radical (unpaired) electrons. The summed E-state index contributed by atoms with van der Waals surface area (Å²) >= 11 is 5.70. The van der Waals surface area contributed by atoms with Crippen LogP contribution in [0.5, 0.6) is 0 Å². The molecule has 0 bridgehead atoms. The number of rotatable bonds is 2. The van der Waals surface area contributed by atoms with Crippen molar-refractivity contribution in [2.24, 2.45) is 0 Å². The molecule has 2 rings (SSSR count). The lowest BCUT2D eigenvalue weighted by Crippen LogP contribution is -2.06. The van der Waals surface area contributed by atoms with E-state index in [1.165, 1.54) is 6.07 Å². The van der Waals surface area contributed by atoms with E-state index < -0.39 is 5.97 Å². The van der Waals surface area contributed by atoms with E-state index in [4.69, 9.17) is 28.2 Å². The molecule has 0 saturated carbocycles. The summed E-state index contributed by atoms with van der Waals surface area (Å²) in [7, 11) is 0. The quantitative estimate of drug-likeness (QED) is 0.731. The zero-order chi connectivity index (χ0) is 13.3. The third-order valence-corrected chi connectivity index (χ3v) is 2.53. The van der Waals surface area contributed by atoms with Crippen molar-refractivity contribution in [1.29, 1.82) is 0 Å². The second-order valence-corrected chi connectivity index (χ2v) is 3.83. The van der Waals surface area contributed by atoms with E-state index in [1.807, 2.05) is 0 Å². The number of anilines is 2. The summed E-state index contributed by atoms with van der Waals surface area (Å²) in [5.74, 6) is -1.07. The number of carboxylic acid groups (broad SMARTS) is 1. The summed E-state index contributed by atoms with van der Waals surface area (Å²) in [4.78, 5) is 18.8. The fraction of sp³-hybridized carbons (Fsp3) is 0. The molecule has 0 fully saturated rings. The van der Waals surface area contributed by atoms with E-state index in [9.17, 15) is 4.79 Å². The van der Waals surface area contributed by atoms with Crippen LogP contribution >= 0.6 is 24.0 Å². The molecule has 100 valence electrons. The molecule has 1 aromatic heterocycles. The number of hydrogen-bond donors (Lipinski definition) is 3. The molecule has 0 aliphatic heterocycles. The number of nitrogens with zero attached hydrogens (tertiary/aromatic N) is 2. The Labute approximate surface area is 119 Å². The Balaban J connectivity index is 0.00000180. The van der Waals surface area contributed by atoms with Crippen LogP contribution in [0.15, 0.2) is 24.3 Å². The third-order valence-electron chi connectivity index (χ3n) is 2.36. The lowest BCUT2D eigenvalue weighted by molar-refractivity contribution is 0.0697. The maximum atomic E-state index is 11.1. The van der Waals surface area contributed by atoms with Crippen molar-refractivity contribution in [1.82, 2.24) is 9.97 Å². The van der Waals surface area contributed by atoms with Crippen LogP contribution in [0.4, 0.5) is 11.5 Å². The molecule has 1 aromatic carbocycles. The van der Waals surface area contributed by atoms with Gasteiger partial charge in [0.05, 0.1) is 5.56 Å². The van der Waals surface area contributed by atoms with Gasteiger partial charge in [-0.1, -0.05) is 18.2 Å². The Morgan fingerprint density at radius 2 is 1.84 bits per heavy atom. The van der Waals surface area contributed by atoms with Crippen molar-refractivity contribution < 1.29 is 9.90 Å². The summed E-state index contributed by atoms with van der Waals surface area (Å²) in [6.07, 6.45) is 0. The Hall–Kier alpha value is -2.05. The SMILES string of the molecule is Cl.Nc1nc(Cl)nc(-c2ccccc2C(=O)O)c1N. The normalized spacial score (nSPS) is 9.74. The Morgan fingerprint density at radius 3 is 2.47 bits per heavy atom. The number of aromatic nitrogens is 2. The maximum Gasteiger partial charge on any atom is 0.336 e. The molecule has 2 aromatic rings. The predicted octanol–water partition coefficient (Wildman–Crippen LogP) is 2.08. The molecule has 0 aliphatic rings. The van der Waals surface area contributed by atoms with Crippen molar-refractivity contribution in [2.75, 3.05) is 11.5 Å². The van der Waals surface area contributed by atoms with Gasteiger partial charge in [-0.15, -0.1) is 12.4 Å². The molecule has 6 nitrogen and oxygen atoms in total. The number of halogens is 2. The van der Waals surface area contributed by atoms with Gasteiger partial charge < -0.3 is 16.6 Å². The van der Waals surface area contributed by atoms with Crippen molar-refractivity contribution in [2.45, 2.75) is 0 Å². The predicted molar refractivity (Wildman–Crippen MR) is 75.5 cm³/mol. The summed E-state index contributed by atoms with van der Waals surface area (Å²) in [6, 6.07) is 6.31. The lowest BCUT2D eigenvalue weighted by Gasteiger charge is -2.09. The van der Waals surface area contributed by atoms with E-state index in [-0.39, 0.29) is 40.5 Å². The van der Waals surface area contributed by atoms with Gasteiger partial charge in [0.2, 0.25) is 5.28 Å². The zero-order valence-corrected chi connectivity index (χ0v) is 11.1. The van der Waals surface area contributed by atoms with Crippen LogP contribution in [0, 0.1) is 0 Å². The summed E-state index contributed by atoms with van der Waals surface area (Å²) in [5, 5.41) is 9.02. The first-order valence-electron chi connectivity index (χ1n) is 4.92. The number of carboxylic acids is 1. The average molecular weight is 301 g/mol. The van der Waals surface area contributed by atoms with E-state index in [2.05, 4.69) is 9.97 Å². The van der Waals surface area contributed by atoms with Gasteiger partial charge in [0, 0.05) is 5.56 Å². The molecule has 8 heteroatoms. The first-order chi connectivity index (χ1) is 8.50. The van der Waals surface area contributed by atoms with Crippen LogP contribution in [0.3, 0.4) is 0 Å². The standard InChI is InChI=1S/C11H9ClN4O2.ClH/c12-11-15-8(7(13)9(14)16-11)5-3-1-2-4-6(5)10(17)18;/h1-4H,13H2,(H,17,18)(H2,14,15,16);1H. The Bertz CT molecular complexity index is 634. The number of nitrogen functional groups attached to an aromatic ring is 2. The lowest BCUT2D eigenvalue weighted by atomic mass is 10.0. The molecule has 19 heavy (non-hydrogen) atoms. The van der Waals surface area contributed by atoms with Gasteiger partial charge in [-0.25, -0.2) is 9.78 Å². The molecule has 5 N–H and O–H groups in total. The number of carbonyl (C=O) groups is 1. The zero-order valence-electron chi connectivity index (χ0n) is 9.50. The van der Waals surface area contributed by atoms with Crippen molar-refractivity contribution >= 4 is 41.5 Å². The first kappa shape index (κ1) is 15.0. The van der Waals surface area contributed by atoms with Crippen molar-refractivity contribution in [3.05, 3.63) is 35.1 Å². The molecule has 0 aliphatic carbocycles. The van der Waals surface area contributed by atoms with Crippen molar-refractivity contribution in [3.63, 3.8) is 0 Å². The minimum Gasteiger partial charge on any atom is -0.478 e. The van der Waals surface area contributed by atoms with Crippen molar-refractivity contribution in [3.8, 4) is 11.3 Å². The smallest absolute Gasteiger partial charge is 0.336 e. The monoisotopic (exact) mass is 300 g/mol. The van der Waals surface area contributed by atoms with Gasteiger partial charge >= 0.3 is 5.97 Å². The van der Waals surface area contributed by atoms with E-state index in [1.54, 1.807) is 18.2 Å². The Kier molecular flexibility index (Phi) is 4.52. The molecular weight excluding hydrogens is 291 g/mol. The number of hydrogen-bond acceptors (Lipinski definition) is 5. The number of nitrogens with two attached hydrogens (primary N) is 2. The molecule has 0 spiro atoms.